The molecule has 19 heavy (non-hydrogen) atoms. The lowest BCUT2D eigenvalue weighted by Crippen LogP contribution is -2.53. The molecule has 1 aliphatic rings. The molecule has 1 aromatic rings. The number of nitrogens with two attached hydrogens (primary N) is 2. The average Bonchev–Trinajstić information content (AvgIpc) is 2.38. The number of hydrogen-bond donors (Lipinski definition) is 2. The highest BCUT2D eigenvalue weighted by atomic mass is 16.2. The van der Waals surface area contributed by atoms with E-state index in [-0.39, 0.29) is 5.91 Å². The van der Waals surface area contributed by atoms with Gasteiger partial charge in [-0.3, -0.25) is 9.69 Å². The summed E-state index contributed by atoms with van der Waals surface area (Å²) in [6, 6.07) is 5.45. The van der Waals surface area contributed by atoms with Crippen molar-refractivity contribution in [3.8, 4) is 0 Å². The minimum atomic E-state index is 0.0000954. The third-order valence-corrected chi connectivity index (χ3v) is 3.76. The second-order valence-electron chi connectivity index (χ2n) is 5.08. The molecule has 4 N–H and O–H groups in total. The molecule has 1 saturated heterocycles. The van der Waals surface area contributed by atoms with Crippen LogP contribution in [0, 0.1) is 0 Å². The molecule has 0 spiro atoms. The second-order valence-corrected chi connectivity index (χ2v) is 5.08. The molecule has 1 heterocycles. The molecule has 1 unspecified atom stereocenters. The van der Waals surface area contributed by atoms with E-state index in [0.717, 1.165) is 26.2 Å². The predicted molar refractivity (Wildman–Crippen MR) is 77.9 cm³/mol. The van der Waals surface area contributed by atoms with Gasteiger partial charge in [-0.1, -0.05) is 6.92 Å². The van der Waals surface area contributed by atoms with Gasteiger partial charge in [-0.25, -0.2) is 0 Å². The zero-order valence-corrected chi connectivity index (χ0v) is 11.6. The van der Waals surface area contributed by atoms with E-state index in [1.807, 2.05) is 4.90 Å². The fraction of sp³-hybridized carbons (Fsp3) is 0.500. The van der Waals surface area contributed by atoms with Crippen LogP contribution in [-0.2, 0) is 0 Å². The summed E-state index contributed by atoms with van der Waals surface area (Å²) in [5, 5.41) is 0. The van der Waals surface area contributed by atoms with Crippen LogP contribution in [0.15, 0.2) is 18.2 Å². The van der Waals surface area contributed by atoms with Crippen molar-refractivity contribution in [2.75, 3.05) is 37.6 Å². The van der Waals surface area contributed by atoms with Crippen LogP contribution in [0.4, 0.5) is 11.4 Å². The Morgan fingerprint density at radius 3 is 2.68 bits per heavy atom. The summed E-state index contributed by atoms with van der Waals surface area (Å²) in [7, 11) is 0. The van der Waals surface area contributed by atoms with Gasteiger partial charge in [0.25, 0.3) is 5.91 Å². The highest BCUT2D eigenvalue weighted by molar-refractivity contribution is 5.99. The van der Waals surface area contributed by atoms with E-state index in [1.54, 1.807) is 18.2 Å². The topological polar surface area (TPSA) is 75.6 Å². The van der Waals surface area contributed by atoms with Gasteiger partial charge in [-0.05, 0) is 31.7 Å². The molecule has 1 fully saturated rings. The third-order valence-electron chi connectivity index (χ3n) is 3.76. The number of likely N-dealkylation sites (N-methyl/N-ethyl adjacent to an activating group) is 1. The lowest BCUT2D eigenvalue weighted by Gasteiger charge is -2.39. The van der Waals surface area contributed by atoms with Crippen molar-refractivity contribution in [2.45, 2.75) is 19.9 Å². The SMILES string of the molecule is CCN1CCN(C(=O)c2ccc(N)cc2N)CC1C. The largest absolute Gasteiger partial charge is 0.399 e. The van der Waals surface area contributed by atoms with Crippen LogP contribution < -0.4 is 11.5 Å². The van der Waals surface area contributed by atoms with Gasteiger partial charge in [0.2, 0.25) is 0 Å². The average molecular weight is 262 g/mol. The van der Waals surface area contributed by atoms with Gasteiger partial charge in [0.05, 0.1) is 5.56 Å². The fourth-order valence-corrected chi connectivity index (χ4v) is 2.60. The maximum atomic E-state index is 12.5. The minimum Gasteiger partial charge on any atom is -0.399 e. The molecule has 0 aromatic heterocycles. The Hall–Kier alpha value is -1.75. The van der Waals surface area contributed by atoms with E-state index in [4.69, 9.17) is 11.5 Å². The number of rotatable bonds is 2. The number of anilines is 2. The van der Waals surface area contributed by atoms with Crippen LogP contribution >= 0.6 is 0 Å². The monoisotopic (exact) mass is 262 g/mol. The van der Waals surface area contributed by atoms with Crippen LogP contribution in [0.2, 0.25) is 0 Å². The minimum absolute atomic E-state index is 0.0000954. The molecule has 1 amide bonds. The summed E-state index contributed by atoms with van der Waals surface area (Å²) in [5.41, 5.74) is 13.1. The standard InChI is InChI=1S/C14H22N4O/c1-3-17-6-7-18(9-10(17)2)14(19)12-5-4-11(15)8-13(12)16/h4-5,8,10H,3,6-7,9,15-16H2,1-2H3. The Balaban J connectivity index is 2.12. The normalized spacial score (nSPS) is 20.5. The fourth-order valence-electron chi connectivity index (χ4n) is 2.60. The van der Waals surface area contributed by atoms with Gasteiger partial charge in [0, 0.05) is 37.1 Å². The van der Waals surface area contributed by atoms with Crippen molar-refractivity contribution in [2.24, 2.45) is 0 Å². The Morgan fingerprint density at radius 2 is 2.11 bits per heavy atom. The Morgan fingerprint density at radius 1 is 1.37 bits per heavy atom. The molecule has 2 rings (SSSR count). The summed E-state index contributed by atoms with van der Waals surface area (Å²) in [5.74, 6) is 0.0000954. The van der Waals surface area contributed by atoms with E-state index in [1.165, 1.54) is 0 Å². The molecular formula is C14H22N4O. The summed E-state index contributed by atoms with van der Waals surface area (Å²) in [6.07, 6.45) is 0. The van der Waals surface area contributed by atoms with Crippen LogP contribution in [-0.4, -0.2) is 47.9 Å². The Kier molecular flexibility index (Phi) is 3.95. The van der Waals surface area contributed by atoms with Gasteiger partial charge >= 0.3 is 0 Å². The van der Waals surface area contributed by atoms with Gasteiger partial charge < -0.3 is 16.4 Å². The first kappa shape index (κ1) is 13.7. The van der Waals surface area contributed by atoms with Crippen LogP contribution in [0.5, 0.6) is 0 Å². The molecule has 0 bridgehead atoms. The molecule has 0 aliphatic carbocycles. The Bertz CT molecular complexity index is 475. The van der Waals surface area contributed by atoms with Crippen LogP contribution in [0.1, 0.15) is 24.2 Å². The maximum Gasteiger partial charge on any atom is 0.256 e. The number of benzene rings is 1. The molecule has 1 aliphatic heterocycles. The highest BCUT2D eigenvalue weighted by Gasteiger charge is 2.27. The zero-order valence-electron chi connectivity index (χ0n) is 11.6. The van der Waals surface area contributed by atoms with Gasteiger partial charge in [0.1, 0.15) is 0 Å². The molecule has 5 nitrogen and oxygen atoms in total. The molecule has 0 radical (unpaired) electrons. The molecule has 1 aromatic carbocycles. The summed E-state index contributed by atoms with van der Waals surface area (Å²) < 4.78 is 0. The van der Waals surface area contributed by atoms with E-state index in [2.05, 4.69) is 18.7 Å². The van der Waals surface area contributed by atoms with Gasteiger partial charge in [-0.15, -0.1) is 0 Å². The van der Waals surface area contributed by atoms with Crippen molar-refractivity contribution in [3.63, 3.8) is 0 Å². The van der Waals surface area contributed by atoms with Gasteiger partial charge in [0.15, 0.2) is 0 Å². The lowest BCUT2D eigenvalue weighted by atomic mass is 10.1. The number of nitrogens with zero attached hydrogens (tertiary/aromatic N) is 2. The van der Waals surface area contributed by atoms with E-state index in [9.17, 15) is 4.79 Å². The highest BCUT2D eigenvalue weighted by Crippen LogP contribution is 2.19. The third kappa shape index (κ3) is 2.81. The quantitative estimate of drug-likeness (QED) is 0.780. The number of hydrogen-bond acceptors (Lipinski definition) is 4. The summed E-state index contributed by atoms with van der Waals surface area (Å²) >= 11 is 0. The molecular weight excluding hydrogens is 240 g/mol. The number of nitrogen functional groups attached to an aromatic ring is 2. The van der Waals surface area contributed by atoms with Crippen molar-refractivity contribution >= 4 is 17.3 Å². The Labute approximate surface area is 114 Å². The first-order valence-electron chi connectivity index (χ1n) is 6.71. The number of piperazine rings is 1. The molecule has 1 atom stereocenters. The molecule has 5 heteroatoms. The number of carbonyl (C=O) groups is 1. The van der Waals surface area contributed by atoms with E-state index in [0.29, 0.717) is 23.0 Å². The number of amides is 1. The van der Waals surface area contributed by atoms with Crippen LogP contribution in [0.3, 0.4) is 0 Å². The van der Waals surface area contributed by atoms with Crippen molar-refractivity contribution < 1.29 is 4.79 Å². The van der Waals surface area contributed by atoms with E-state index < -0.39 is 0 Å². The predicted octanol–water partition coefficient (Wildman–Crippen LogP) is 1.02. The van der Waals surface area contributed by atoms with E-state index >= 15 is 0 Å². The van der Waals surface area contributed by atoms with Crippen molar-refractivity contribution in [1.29, 1.82) is 0 Å². The smallest absolute Gasteiger partial charge is 0.256 e. The molecule has 104 valence electrons. The summed E-state index contributed by atoms with van der Waals surface area (Å²) in [4.78, 5) is 16.7. The van der Waals surface area contributed by atoms with Crippen molar-refractivity contribution in [3.05, 3.63) is 23.8 Å². The first-order valence-corrected chi connectivity index (χ1v) is 6.71. The van der Waals surface area contributed by atoms with Crippen LogP contribution in [0.25, 0.3) is 0 Å². The number of carbonyl (C=O) groups excluding carboxylic acids is 1. The molecule has 0 saturated carbocycles. The first-order chi connectivity index (χ1) is 9.02. The van der Waals surface area contributed by atoms with Crippen molar-refractivity contribution in [1.82, 2.24) is 9.80 Å². The second kappa shape index (κ2) is 5.48. The maximum absolute atomic E-state index is 12.5. The van der Waals surface area contributed by atoms with Gasteiger partial charge in [-0.2, -0.15) is 0 Å². The lowest BCUT2D eigenvalue weighted by molar-refractivity contribution is 0.0529. The zero-order chi connectivity index (χ0) is 14.0. The summed E-state index contributed by atoms with van der Waals surface area (Å²) in [6.45, 7) is 7.73.